The van der Waals surface area contributed by atoms with Gasteiger partial charge in [0.15, 0.2) is 0 Å². The van der Waals surface area contributed by atoms with Crippen molar-refractivity contribution in [1.29, 1.82) is 0 Å². The van der Waals surface area contributed by atoms with Gasteiger partial charge in [-0.25, -0.2) is 8.78 Å². The zero-order valence-corrected chi connectivity index (χ0v) is 6.90. The highest BCUT2D eigenvalue weighted by Gasteiger charge is 2.41. The number of rotatable bonds is 1. The molecular formula is C10H10F2. The molecule has 0 amide bonds. The van der Waals surface area contributed by atoms with Gasteiger partial charge in [0.1, 0.15) is 11.6 Å². The predicted molar refractivity (Wildman–Crippen MR) is 42.9 cm³/mol. The van der Waals surface area contributed by atoms with E-state index in [1.807, 2.05) is 6.92 Å². The number of hydrogen-bond acceptors (Lipinski definition) is 0. The van der Waals surface area contributed by atoms with E-state index in [2.05, 4.69) is 0 Å². The normalized spacial score (nSPS) is 19.2. The molecule has 1 aliphatic carbocycles. The molecule has 0 saturated heterocycles. The van der Waals surface area contributed by atoms with Gasteiger partial charge in [-0.2, -0.15) is 0 Å². The van der Waals surface area contributed by atoms with Crippen molar-refractivity contribution in [1.82, 2.24) is 0 Å². The Bertz CT molecular complexity index is 314. The highest BCUT2D eigenvalue weighted by Crippen LogP contribution is 2.48. The molecule has 1 aromatic carbocycles. The second-order valence-electron chi connectivity index (χ2n) is 3.68. The van der Waals surface area contributed by atoms with Crippen molar-refractivity contribution in [2.75, 3.05) is 0 Å². The molecule has 0 aliphatic heterocycles. The maximum absolute atomic E-state index is 13.1. The van der Waals surface area contributed by atoms with Crippen LogP contribution in [0, 0.1) is 11.6 Å². The zero-order chi connectivity index (χ0) is 8.77. The van der Waals surface area contributed by atoms with Crippen LogP contribution in [0.4, 0.5) is 8.78 Å². The minimum absolute atomic E-state index is 0.0911. The van der Waals surface area contributed by atoms with Crippen LogP contribution in [-0.2, 0) is 5.41 Å². The maximum atomic E-state index is 13.1. The van der Waals surface area contributed by atoms with Crippen molar-refractivity contribution >= 4 is 0 Å². The average Bonchev–Trinajstić information content (AvgIpc) is 2.75. The summed E-state index contributed by atoms with van der Waals surface area (Å²) in [6, 6.07) is 3.67. The van der Waals surface area contributed by atoms with Gasteiger partial charge in [0.05, 0.1) is 0 Å². The highest BCUT2D eigenvalue weighted by atomic mass is 19.1. The van der Waals surface area contributed by atoms with Crippen LogP contribution in [0.3, 0.4) is 0 Å². The molecule has 2 heteroatoms. The standard InChI is InChI=1S/C10H10F2/c1-10(4-5-10)8-6-7(11)2-3-9(8)12/h2-3,6H,4-5H2,1H3. The summed E-state index contributed by atoms with van der Waals surface area (Å²) in [5.41, 5.74) is 0.439. The van der Waals surface area contributed by atoms with Gasteiger partial charge in [0.25, 0.3) is 0 Å². The lowest BCUT2D eigenvalue weighted by Crippen LogP contribution is -2.03. The fraction of sp³-hybridized carbons (Fsp3) is 0.400. The largest absolute Gasteiger partial charge is 0.207 e. The zero-order valence-electron chi connectivity index (χ0n) is 6.90. The Labute approximate surface area is 70.2 Å². The lowest BCUT2D eigenvalue weighted by atomic mass is 9.98. The van der Waals surface area contributed by atoms with E-state index in [0.717, 1.165) is 18.9 Å². The number of hydrogen-bond donors (Lipinski definition) is 0. The Morgan fingerprint density at radius 2 is 1.92 bits per heavy atom. The van der Waals surface area contributed by atoms with Gasteiger partial charge in [-0.15, -0.1) is 0 Å². The summed E-state index contributed by atoms with van der Waals surface area (Å²) in [6.45, 7) is 1.96. The van der Waals surface area contributed by atoms with E-state index >= 15 is 0 Å². The third kappa shape index (κ3) is 1.11. The minimum atomic E-state index is -0.348. The maximum Gasteiger partial charge on any atom is 0.127 e. The summed E-state index contributed by atoms with van der Waals surface area (Å²) in [7, 11) is 0. The summed E-state index contributed by atoms with van der Waals surface area (Å²) in [6.07, 6.45) is 1.93. The molecule has 1 aliphatic rings. The number of benzene rings is 1. The van der Waals surface area contributed by atoms with Crippen LogP contribution in [0.2, 0.25) is 0 Å². The van der Waals surface area contributed by atoms with Gasteiger partial charge in [-0.3, -0.25) is 0 Å². The van der Waals surface area contributed by atoms with Gasteiger partial charge in [0.2, 0.25) is 0 Å². The quantitative estimate of drug-likeness (QED) is 0.604. The summed E-state index contributed by atoms with van der Waals surface area (Å²) in [4.78, 5) is 0. The topological polar surface area (TPSA) is 0 Å². The third-order valence-electron chi connectivity index (χ3n) is 2.58. The Balaban J connectivity index is 2.48. The van der Waals surface area contributed by atoms with Gasteiger partial charge in [0, 0.05) is 0 Å². The van der Waals surface area contributed by atoms with E-state index in [9.17, 15) is 8.78 Å². The molecule has 64 valence electrons. The molecule has 0 unspecified atom stereocenters. The van der Waals surface area contributed by atoms with E-state index in [0.29, 0.717) is 5.56 Å². The molecule has 1 saturated carbocycles. The molecule has 0 atom stereocenters. The molecule has 12 heavy (non-hydrogen) atoms. The molecule has 0 N–H and O–H groups in total. The van der Waals surface area contributed by atoms with E-state index in [-0.39, 0.29) is 17.0 Å². The Morgan fingerprint density at radius 3 is 2.50 bits per heavy atom. The van der Waals surface area contributed by atoms with E-state index < -0.39 is 0 Å². The second-order valence-corrected chi connectivity index (χ2v) is 3.68. The molecule has 0 heterocycles. The molecule has 0 bridgehead atoms. The molecule has 0 nitrogen and oxygen atoms in total. The first kappa shape index (κ1) is 7.71. The first-order chi connectivity index (χ1) is 5.62. The molecule has 1 fully saturated rings. The van der Waals surface area contributed by atoms with Crippen molar-refractivity contribution in [2.45, 2.75) is 25.2 Å². The second kappa shape index (κ2) is 2.28. The molecule has 2 rings (SSSR count). The summed E-state index contributed by atoms with van der Waals surface area (Å²) in [5.74, 6) is -0.629. The fourth-order valence-electron chi connectivity index (χ4n) is 1.42. The first-order valence-corrected chi connectivity index (χ1v) is 4.07. The van der Waals surface area contributed by atoms with Crippen LogP contribution in [-0.4, -0.2) is 0 Å². The predicted octanol–water partition coefficient (Wildman–Crippen LogP) is 3.02. The van der Waals surface area contributed by atoms with Crippen molar-refractivity contribution in [2.24, 2.45) is 0 Å². The monoisotopic (exact) mass is 168 g/mol. The fourth-order valence-corrected chi connectivity index (χ4v) is 1.42. The van der Waals surface area contributed by atoms with Crippen LogP contribution in [0.25, 0.3) is 0 Å². The highest BCUT2D eigenvalue weighted by molar-refractivity contribution is 5.31. The van der Waals surface area contributed by atoms with Gasteiger partial charge >= 0.3 is 0 Å². The summed E-state index contributed by atoms with van der Waals surface area (Å²) >= 11 is 0. The van der Waals surface area contributed by atoms with Crippen LogP contribution < -0.4 is 0 Å². The van der Waals surface area contributed by atoms with E-state index in [1.54, 1.807) is 0 Å². The van der Waals surface area contributed by atoms with Crippen molar-refractivity contribution in [3.05, 3.63) is 35.4 Å². The van der Waals surface area contributed by atoms with Crippen LogP contribution in [0.5, 0.6) is 0 Å². The molecule has 0 radical (unpaired) electrons. The van der Waals surface area contributed by atoms with Gasteiger partial charge < -0.3 is 0 Å². The van der Waals surface area contributed by atoms with Crippen molar-refractivity contribution < 1.29 is 8.78 Å². The Hall–Kier alpha value is -0.920. The van der Waals surface area contributed by atoms with Crippen LogP contribution in [0.15, 0.2) is 18.2 Å². The SMILES string of the molecule is CC1(c2cc(F)ccc2F)CC1. The van der Waals surface area contributed by atoms with E-state index in [1.165, 1.54) is 12.1 Å². The first-order valence-electron chi connectivity index (χ1n) is 4.07. The summed E-state index contributed by atoms with van der Waals surface area (Å²) in [5, 5.41) is 0. The molecule has 1 aromatic rings. The van der Waals surface area contributed by atoms with Crippen LogP contribution >= 0.6 is 0 Å². The smallest absolute Gasteiger partial charge is 0.127 e. The molecular weight excluding hydrogens is 158 g/mol. The van der Waals surface area contributed by atoms with Gasteiger partial charge in [-0.1, -0.05) is 6.92 Å². The van der Waals surface area contributed by atoms with Crippen molar-refractivity contribution in [3.8, 4) is 0 Å². The van der Waals surface area contributed by atoms with E-state index in [4.69, 9.17) is 0 Å². The lowest BCUT2D eigenvalue weighted by Gasteiger charge is -2.09. The average molecular weight is 168 g/mol. The molecule has 0 spiro atoms. The Morgan fingerprint density at radius 1 is 1.25 bits per heavy atom. The number of halogens is 2. The lowest BCUT2D eigenvalue weighted by molar-refractivity contribution is 0.565. The van der Waals surface area contributed by atoms with Crippen LogP contribution in [0.1, 0.15) is 25.3 Å². The third-order valence-corrected chi connectivity index (χ3v) is 2.58. The van der Waals surface area contributed by atoms with Crippen molar-refractivity contribution in [3.63, 3.8) is 0 Å². The Kier molecular flexibility index (Phi) is 1.47. The van der Waals surface area contributed by atoms with Gasteiger partial charge in [-0.05, 0) is 42.0 Å². The summed E-state index contributed by atoms with van der Waals surface area (Å²) < 4.78 is 25.9. The molecule has 0 aromatic heterocycles. The minimum Gasteiger partial charge on any atom is -0.207 e.